The predicted octanol–water partition coefficient (Wildman–Crippen LogP) is 3.61. The molecule has 142 valence electrons. The van der Waals surface area contributed by atoms with Gasteiger partial charge in [0.05, 0.1) is 11.3 Å². The largest absolute Gasteiger partial charge is 0.359 e. The lowest BCUT2D eigenvalue weighted by atomic mass is 9.93. The smallest absolute Gasteiger partial charge is 0.273 e. The lowest BCUT2D eigenvalue weighted by Gasteiger charge is -2.12. The fourth-order valence-corrected chi connectivity index (χ4v) is 3.83. The molecule has 1 aromatic heterocycles. The van der Waals surface area contributed by atoms with Crippen LogP contribution in [0.25, 0.3) is 6.08 Å². The Morgan fingerprint density at radius 1 is 1.27 bits per heavy atom. The van der Waals surface area contributed by atoms with E-state index in [1.165, 1.54) is 29.7 Å². The highest BCUT2D eigenvalue weighted by Gasteiger charge is 2.36. The quantitative estimate of drug-likeness (QED) is 0.552. The molecule has 0 aromatic carbocycles. The van der Waals surface area contributed by atoms with Crippen molar-refractivity contribution in [1.82, 2.24) is 15.3 Å². The van der Waals surface area contributed by atoms with Gasteiger partial charge in [0.2, 0.25) is 0 Å². The molecule has 0 unspecified atom stereocenters. The van der Waals surface area contributed by atoms with Crippen LogP contribution in [0.1, 0.15) is 68.0 Å². The summed E-state index contributed by atoms with van der Waals surface area (Å²) in [5.74, 6) is 0.812. The molecule has 1 aliphatic carbocycles. The van der Waals surface area contributed by atoms with Gasteiger partial charge in [-0.1, -0.05) is 13.8 Å². The van der Waals surface area contributed by atoms with Gasteiger partial charge in [-0.15, -0.1) is 0 Å². The number of unbranched alkanes of at least 4 members (excludes halogenated alkanes) is 1. The normalized spacial score (nSPS) is 19.0. The number of aromatic nitrogens is 1. The van der Waals surface area contributed by atoms with E-state index in [9.17, 15) is 4.79 Å². The first kappa shape index (κ1) is 18.9. The zero-order chi connectivity index (χ0) is 18.8. The Labute approximate surface area is 156 Å². The summed E-state index contributed by atoms with van der Waals surface area (Å²) < 4.78 is 0. The number of nitrogens with one attached hydrogen (secondary N) is 2. The highest BCUT2D eigenvalue weighted by Crippen LogP contribution is 2.36. The fourth-order valence-electron chi connectivity index (χ4n) is 3.83. The number of rotatable bonds is 8. The third-order valence-electron chi connectivity index (χ3n) is 5.30. The Balaban J connectivity index is 1.85. The second-order valence-electron chi connectivity index (χ2n) is 8.24. The van der Waals surface area contributed by atoms with Gasteiger partial charge in [-0.25, -0.2) is 5.43 Å². The molecule has 3 rings (SSSR count). The average molecular weight is 357 g/mol. The zero-order valence-electron chi connectivity index (χ0n) is 16.8. The molecular weight excluding hydrogens is 324 g/mol. The maximum absolute atomic E-state index is 12.3. The van der Waals surface area contributed by atoms with Crippen LogP contribution in [0.4, 0.5) is 0 Å². The first-order valence-electron chi connectivity index (χ1n) is 9.84. The molecule has 1 amide bonds. The Morgan fingerprint density at radius 3 is 2.62 bits per heavy atom. The molecule has 0 radical (unpaired) electrons. The minimum atomic E-state index is -0.0682. The van der Waals surface area contributed by atoms with Gasteiger partial charge in [-0.2, -0.15) is 5.10 Å². The highest BCUT2D eigenvalue weighted by atomic mass is 16.2. The van der Waals surface area contributed by atoms with Gasteiger partial charge in [-0.05, 0) is 82.8 Å². The number of amides is 1. The van der Waals surface area contributed by atoms with Gasteiger partial charge in [0.25, 0.3) is 5.91 Å². The standard InChI is InChI=1S/C21H32N4O/c1-13(2)19-16(8-6-7-11-25(4)5)14(3)22-18(19)12-17-20(15-9-10-15)23-24-21(17)26/h12-13,15,22H,6-11H2,1-5H3,(H,24,26)/b17-12+. The second kappa shape index (κ2) is 7.78. The van der Waals surface area contributed by atoms with Crippen LogP contribution in [0.15, 0.2) is 10.7 Å². The van der Waals surface area contributed by atoms with E-state index in [1.807, 2.05) is 6.08 Å². The monoisotopic (exact) mass is 356 g/mol. The number of hydrogen-bond donors (Lipinski definition) is 2. The Morgan fingerprint density at radius 2 is 2.00 bits per heavy atom. The van der Waals surface area contributed by atoms with E-state index in [1.54, 1.807) is 0 Å². The van der Waals surface area contributed by atoms with Crippen molar-refractivity contribution >= 4 is 17.7 Å². The zero-order valence-corrected chi connectivity index (χ0v) is 16.8. The van der Waals surface area contributed by atoms with E-state index in [4.69, 9.17) is 0 Å². The maximum atomic E-state index is 12.3. The molecule has 5 heteroatoms. The van der Waals surface area contributed by atoms with Crippen LogP contribution in [0.5, 0.6) is 0 Å². The summed E-state index contributed by atoms with van der Waals surface area (Å²) in [6.45, 7) is 7.75. The Bertz CT molecular complexity index is 735. The molecule has 0 saturated heterocycles. The van der Waals surface area contributed by atoms with E-state index in [2.05, 4.69) is 55.3 Å². The molecule has 1 fully saturated rings. The van der Waals surface area contributed by atoms with Crippen molar-refractivity contribution in [2.75, 3.05) is 20.6 Å². The third-order valence-corrected chi connectivity index (χ3v) is 5.30. The van der Waals surface area contributed by atoms with Crippen LogP contribution >= 0.6 is 0 Å². The summed E-state index contributed by atoms with van der Waals surface area (Å²) in [6, 6.07) is 0. The van der Waals surface area contributed by atoms with Gasteiger partial charge in [-0.3, -0.25) is 4.79 Å². The van der Waals surface area contributed by atoms with Gasteiger partial charge >= 0.3 is 0 Å². The molecule has 2 N–H and O–H groups in total. The van der Waals surface area contributed by atoms with Gasteiger partial charge in [0.15, 0.2) is 0 Å². The number of aromatic amines is 1. The van der Waals surface area contributed by atoms with Crippen molar-refractivity contribution in [3.8, 4) is 0 Å². The van der Waals surface area contributed by atoms with Crippen molar-refractivity contribution in [3.05, 3.63) is 28.1 Å². The molecule has 1 aliphatic heterocycles. The van der Waals surface area contributed by atoms with Crippen LogP contribution in [0.2, 0.25) is 0 Å². The van der Waals surface area contributed by atoms with Crippen molar-refractivity contribution in [2.24, 2.45) is 11.0 Å². The predicted molar refractivity (Wildman–Crippen MR) is 107 cm³/mol. The topological polar surface area (TPSA) is 60.5 Å². The molecule has 1 saturated carbocycles. The molecule has 26 heavy (non-hydrogen) atoms. The maximum Gasteiger partial charge on any atom is 0.273 e. The fraction of sp³-hybridized carbons (Fsp3) is 0.619. The lowest BCUT2D eigenvalue weighted by Crippen LogP contribution is -2.14. The van der Waals surface area contributed by atoms with E-state index in [0.717, 1.165) is 42.8 Å². The molecule has 2 aliphatic rings. The average Bonchev–Trinajstić information content (AvgIpc) is 3.27. The molecule has 2 heterocycles. The molecule has 5 nitrogen and oxygen atoms in total. The van der Waals surface area contributed by atoms with Crippen molar-refractivity contribution in [2.45, 2.75) is 58.8 Å². The van der Waals surface area contributed by atoms with Gasteiger partial charge in [0, 0.05) is 17.3 Å². The minimum Gasteiger partial charge on any atom is -0.359 e. The number of hydrogen-bond acceptors (Lipinski definition) is 3. The van der Waals surface area contributed by atoms with Crippen LogP contribution in [-0.2, 0) is 11.2 Å². The van der Waals surface area contributed by atoms with E-state index in [-0.39, 0.29) is 5.91 Å². The van der Waals surface area contributed by atoms with Crippen LogP contribution in [0, 0.1) is 12.8 Å². The Hall–Kier alpha value is -1.88. The van der Waals surface area contributed by atoms with E-state index < -0.39 is 0 Å². The van der Waals surface area contributed by atoms with Crippen molar-refractivity contribution in [3.63, 3.8) is 0 Å². The summed E-state index contributed by atoms with van der Waals surface area (Å²) in [6.07, 6.45) is 7.79. The van der Waals surface area contributed by atoms with Gasteiger partial charge < -0.3 is 9.88 Å². The molecular formula is C21H32N4O. The molecule has 0 spiro atoms. The van der Waals surface area contributed by atoms with Crippen LogP contribution in [0.3, 0.4) is 0 Å². The third kappa shape index (κ3) is 4.09. The number of aryl methyl sites for hydroxylation is 1. The number of nitrogens with zero attached hydrogens (tertiary/aromatic N) is 2. The number of carbonyl (C=O) groups excluding carboxylic acids is 1. The highest BCUT2D eigenvalue weighted by molar-refractivity contribution is 6.28. The summed E-state index contributed by atoms with van der Waals surface area (Å²) >= 11 is 0. The van der Waals surface area contributed by atoms with Crippen LogP contribution in [-0.4, -0.2) is 42.1 Å². The lowest BCUT2D eigenvalue weighted by molar-refractivity contribution is -0.116. The molecule has 0 atom stereocenters. The summed E-state index contributed by atoms with van der Waals surface area (Å²) in [5, 5.41) is 4.27. The van der Waals surface area contributed by atoms with Gasteiger partial charge in [0.1, 0.15) is 0 Å². The van der Waals surface area contributed by atoms with Crippen molar-refractivity contribution < 1.29 is 4.79 Å². The summed E-state index contributed by atoms with van der Waals surface area (Å²) in [5.41, 5.74) is 9.44. The van der Waals surface area contributed by atoms with E-state index >= 15 is 0 Å². The number of hydrazone groups is 1. The molecule has 0 bridgehead atoms. The minimum absolute atomic E-state index is 0.0682. The Kier molecular flexibility index (Phi) is 5.66. The van der Waals surface area contributed by atoms with Crippen molar-refractivity contribution in [1.29, 1.82) is 0 Å². The second-order valence-corrected chi connectivity index (χ2v) is 8.24. The molecule has 1 aromatic rings. The van der Waals surface area contributed by atoms with Crippen LogP contribution < -0.4 is 5.43 Å². The summed E-state index contributed by atoms with van der Waals surface area (Å²) in [4.78, 5) is 18.0. The SMILES string of the molecule is Cc1[nH]c(/C=C2/C(=O)NN=C2C2CC2)c(C(C)C)c1CCCCN(C)C. The first-order valence-corrected chi connectivity index (χ1v) is 9.84. The summed E-state index contributed by atoms with van der Waals surface area (Å²) in [7, 11) is 4.24. The number of carbonyl (C=O) groups is 1. The van der Waals surface area contributed by atoms with E-state index in [0.29, 0.717) is 11.8 Å². The number of H-pyrrole nitrogens is 1. The first-order chi connectivity index (χ1) is 12.4.